The lowest BCUT2D eigenvalue weighted by atomic mass is 10.1. The third kappa shape index (κ3) is 3.70. The maximum atomic E-state index is 4.78. The van der Waals surface area contributed by atoms with Crippen LogP contribution in [0, 0.1) is 13.8 Å². The first-order valence-electron chi connectivity index (χ1n) is 8.29. The Morgan fingerprint density at radius 1 is 0.739 bits per heavy atom. The van der Waals surface area contributed by atoms with Crippen molar-refractivity contribution in [1.29, 1.82) is 0 Å². The zero-order valence-electron chi connectivity index (χ0n) is 14.2. The van der Waals surface area contributed by atoms with Crippen molar-refractivity contribution in [2.24, 2.45) is 4.99 Å². The molecular weight excluding hydrogens is 280 g/mol. The summed E-state index contributed by atoms with van der Waals surface area (Å²) in [6.45, 7) is 6.40. The van der Waals surface area contributed by atoms with Gasteiger partial charge in [-0.2, -0.15) is 0 Å². The van der Waals surface area contributed by atoms with E-state index in [2.05, 4.69) is 74.2 Å². The second kappa shape index (κ2) is 6.82. The Kier molecular flexibility index (Phi) is 4.61. The van der Waals surface area contributed by atoms with Gasteiger partial charge in [0.05, 0.1) is 0 Å². The Bertz CT molecular complexity index is 676. The lowest BCUT2D eigenvalue weighted by Gasteiger charge is -2.26. The Balaban J connectivity index is 2.06. The fourth-order valence-corrected chi connectivity index (χ4v) is 2.84. The predicted molar refractivity (Wildman–Crippen MR) is 99.5 cm³/mol. The standard InChI is InChI=1S/C21H24N2/c1-16-7-11-19(12-8-16)23(20-13-9-17(2)10-14-20)21-6-4-5-18(3)15-22-21/h7-15H,4-6H2,1-3H3. The molecule has 1 aliphatic rings. The molecule has 23 heavy (non-hydrogen) atoms. The first-order valence-corrected chi connectivity index (χ1v) is 8.29. The summed E-state index contributed by atoms with van der Waals surface area (Å²) in [6.07, 6.45) is 5.30. The number of aliphatic imine (C=N–C) groups is 1. The monoisotopic (exact) mass is 304 g/mol. The van der Waals surface area contributed by atoms with Crippen LogP contribution < -0.4 is 4.90 Å². The molecule has 2 heteroatoms. The Morgan fingerprint density at radius 3 is 1.78 bits per heavy atom. The normalized spacial score (nSPS) is 14.7. The largest absolute Gasteiger partial charge is 0.299 e. The van der Waals surface area contributed by atoms with Crippen LogP contribution in [-0.4, -0.2) is 5.84 Å². The Labute approximate surface area is 139 Å². The molecule has 0 aliphatic carbocycles. The minimum absolute atomic E-state index is 0.996. The van der Waals surface area contributed by atoms with Gasteiger partial charge in [0.1, 0.15) is 5.84 Å². The van der Waals surface area contributed by atoms with Crippen molar-refractivity contribution in [2.45, 2.75) is 40.0 Å². The van der Waals surface area contributed by atoms with Crippen LogP contribution in [0.15, 0.2) is 65.3 Å². The van der Waals surface area contributed by atoms with Crippen LogP contribution in [0.5, 0.6) is 0 Å². The molecule has 2 nitrogen and oxygen atoms in total. The average molecular weight is 304 g/mol. The number of nitrogens with zero attached hydrogens (tertiary/aromatic N) is 2. The smallest absolute Gasteiger partial charge is 0.113 e. The third-order valence-electron chi connectivity index (χ3n) is 4.25. The van der Waals surface area contributed by atoms with Crippen molar-refractivity contribution in [1.82, 2.24) is 0 Å². The summed E-state index contributed by atoms with van der Waals surface area (Å²) in [5.41, 5.74) is 6.25. The number of anilines is 2. The van der Waals surface area contributed by atoms with E-state index in [4.69, 9.17) is 4.99 Å². The van der Waals surface area contributed by atoms with Crippen LogP contribution in [0.2, 0.25) is 0 Å². The van der Waals surface area contributed by atoms with Crippen LogP contribution in [0.25, 0.3) is 0 Å². The summed E-state index contributed by atoms with van der Waals surface area (Å²) >= 11 is 0. The zero-order valence-corrected chi connectivity index (χ0v) is 14.2. The molecule has 2 aromatic rings. The second-order valence-electron chi connectivity index (χ2n) is 6.38. The van der Waals surface area contributed by atoms with Gasteiger partial charge in [-0.15, -0.1) is 0 Å². The van der Waals surface area contributed by atoms with Gasteiger partial charge in [0.2, 0.25) is 0 Å². The van der Waals surface area contributed by atoms with E-state index in [9.17, 15) is 0 Å². The molecule has 118 valence electrons. The van der Waals surface area contributed by atoms with Crippen molar-refractivity contribution in [3.63, 3.8) is 0 Å². The molecule has 3 rings (SSSR count). The van der Waals surface area contributed by atoms with Crippen molar-refractivity contribution in [2.75, 3.05) is 4.90 Å². The molecule has 0 radical (unpaired) electrons. The van der Waals surface area contributed by atoms with Gasteiger partial charge in [0, 0.05) is 24.0 Å². The molecule has 2 aromatic carbocycles. The van der Waals surface area contributed by atoms with Gasteiger partial charge in [-0.1, -0.05) is 41.0 Å². The number of rotatable bonds is 2. The summed E-state index contributed by atoms with van der Waals surface area (Å²) in [6, 6.07) is 17.4. The minimum atomic E-state index is 0.996. The Morgan fingerprint density at radius 2 is 1.26 bits per heavy atom. The number of benzene rings is 2. The third-order valence-corrected chi connectivity index (χ3v) is 4.25. The van der Waals surface area contributed by atoms with Crippen LogP contribution in [0.3, 0.4) is 0 Å². The van der Waals surface area contributed by atoms with Crippen LogP contribution in [-0.2, 0) is 0 Å². The van der Waals surface area contributed by atoms with Crippen LogP contribution in [0.4, 0.5) is 11.4 Å². The molecule has 0 unspecified atom stereocenters. The number of aryl methyl sites for hydroxylation is 2. The summed E-state index contributed by atoms with van der Waals surface area (Å²) in [7, 11) is 0. The zero-order chi connectivity index (χ0) is 16.2. The molecule has 1 aliphatic heterocycles. The lowest BCUT2D eigenvalue weighted by molar-refractivity contribution is 0.857. The molecule has 0 saturated carbocycles. The molecule has 0 bridgehead atoms. The molecule has 0 atom stereocenters. The van der Waals surface area contributed by atoms with Crippen molar-refractivity contribution < 1.29 is 0 Å². The van der Waals surface area contributed by atoms with E-state index in [-0.39, 0.29) is 0 Å². The van der Waals surface area contributed by atoms with Crippen LogP contribution >= 0.6 is 0 Å². The van der Waals surface area contributed by atoms with Gasteiger partial charge in [0.15, 0.2) is 0 Å². The average Bonchev–Trinajstić information content (AvgIpc) is 2.76. The fourth-order valence-electron chi connectivity index (χ4n) is 2.84. The van der Waals surface area contributed by atoms with Gasteiger partial charge in [0.25, 0.3) is 0 Å². The van der Waals surface area contributed by atoms with E-state index in [1.807, 2.05) is 6.20 Å². The quantitative estimate of drug-likeness (QED) is 0.671. The van der Waals surface area contributed by atoms with Gasteiger partial charge in [-0.3, -0.25) is 4.90 Å². The number of hydrogen-bond acceptors (Lipinski definition) is 2. The first-order chi connectivity index (χ1) is 11.1. The van der Waals surface area contributed by atoms with E-state index in [0.717, 1.165) is 25.1 Å². The SMILES string of the molecule is CC1=CN=C(N(c2ccc(C)cc2)c2ccc(C)cc2)CCC1. The number of amidine groups is 1. The maximum Gasteiger partial charge on any atom is 0.113 e. The van der Waals surface area contributed by atoms with Gasteiger partial charge < -0.3 is 0 Å². The molecule has 0 amide bonds. The minimum Gasteiger partial charge on any atom is -0.299 e. The second-order valence-corrected chi connectivity index (χ2v) is 6.38. The highest BCUT2D eigenvalue weighted by Crippen LogP contribution is 2.29. The highest BCUT2D eigenvalue weighted by molar-refractivity contribution is 6.04. The van der Waals surface area contributed by atoms with Gasteiger partial charge >= 0.3 is 0 Å². The summed E-state index contributed by atoms with van der Waals surface area (Å²) in [4.78, 5) is 7.07. The van der Waals surface area contributed by atoms with Crippen molar-refractivity contribution >= 4 is 17.2 Å². The van der Waals surface area contributed by atoms with Gasteiger partial charge in [-0.25, -0.2) is 4.99 Å². The highest BCUT2D eigenvalue weighted by atomic mass is 15.2. The summed E-state index contributed by atoms with van der Waals surface area (Å²) < 4.78 is 0. The molecule has 0 spiro atoms. The molecule has 0 aromatic heterocycles. The maximum absolute atomic E-state index is 4.78. The highest BCUT2D eigenvalue weighted by Gasteiger charge is 2.17. The molecule has 0 fully saturated rings. The first kappa shape index (κ1) is 15.5. The summed E-state index contributed by atoms with van der Waals surface area (Å²) in [5.74, 6) is 1.12. The predicted octanol–water partition coefficient (Wildman–Crippen LogP) is 5.93. The summed E-state index contributed by atoms with van der Waals surface area (Å²) in [5, 5.41) is 0. The van der Waals surface area contributed by atoms with Crippen molar-refractivity contribution in [3.8, 4) is 0 Å². The molecule has 1 heterocycles. The Hall–Kier alpha value is -2.35. The van der Waals surface area contributed by atoms with E-state index < -0.39 is 0 Å². The van der Waals surface area contributed by atoms with E-state index >= 15 is 0 Å². The molecule has 0 saturated heterocycles. The number of allylic oxidation sites excluding steroid dienone is 1. The topological polar surface area (TPSA) is 15.6 Å². The van der Waals surface area contributed by atoms with Gasteiger partial charge in [-0.05, 0) is 57.9 Å². The lowest BCUT2D eigenvalue weighted by Crippen LogP contribution is -2.25. The molecule has 0 N–H and O–H groups in total. The van der Waals surface area contributed by atoms with Crippen LogP contribution in [0.1, 0.15) is 37.3 Å². The van der Waals surface area contributed by atoms with Crippen molar-refractivity contribution in [3.05, 3.63) is 71.4 Å². The number of hydrogen-bond donors (Lipinski definition) is 0. The fraction of sp³-hybridized carbons (Fsp3) is 0.286. The molecular formula is C21H24N2. The van der Waals surface area contributed by atoms with E-state index in [1.54, 1.807) is 0 Å². The van der Waals surface area contributed by atoms with E-state index in [0.29, 0.717) is 0 Å². The van der Waals surface area contributed by atoms with E-state index in [1.165, 1.54) is 28.1 Å².